The van der Waals surface area contributed by atoms with Gasteiger partial charge in [-0.15, -0.1) is 0 Å². The third-order valence-electron chi connectivity index (χ3n) is 1.63. The normalized spacial score (nSPS) is 19.1. The largest absolute Gasteiger partial charge is 0.466 e. The second kappa shape index (κ2) is 5.11. The molecule has 1 fully saturated rings. The molecule has 1 saturated heterocycles. The molecule has 0 aromatic rings. The summed E-state index contributed by atoms with van der Waals surface area (Å²) in [6, 6.07) is 0. The van der Waals surface area contributed by atoms with Crippen molar-refractivity contribution in [2.75, 3.05) is 26.6 Å². The Balaban J connectivity index is 2.15. The van der Waals surface area contributed by atoms with E-state index >= 15 is 0 Å². The van der Waals surface area contributed by atoms with Gasteiger partial charge in [0, 0.05) is 5.92 Å². The predicted molar refractivity (Wildman–Crippen MR) is 41.5 cm³/mol. The monoisotopic (exact) mass is 174 g/mol. The summed E-state index contributed by atoms with van der Waals surface area (Å²) in [5.74, 6) is -0.00519. The van der Waals surface area contributed by atoms with Gasteiger partial charge in [0.25, 0.3) is 0 Å². The van der Waals surface area contributed by atoms with Crippen LogP contribution >= 0.6 is 0 Å². The predicted octanol–water partition coefficient (Wildman–Crippen LogP) is 0.560. The molecular weight excluding hydrogens is 160 g/mol. The van der Waals surface area contributed by atoms with Gasteiger partial charge in [0.1, 0.15) is 6.79 Å². The first-order valence-corrected chi connectivity index (χ1v) is 4.14. The van der Waals surface area contributed by atoms with Crippen LogP contribution in [0.3, 0.4) is 0 Å². The van der Waals surface area contributed by atoms with E-state index in [2.05, 4.69) is 0 Å². The van der Waals surface area contributed by atoms with Gasteiger partial charge in [0.15, 0.2) is 0 Å². The fraction of sp³-hybridized carbons (Fsp3) is 0.875. The van der Waals surface area contributed by atoms with Crippen LogP contribution in [0, 0.1) is 5.92 Å². The molecule has 70 valence electrons. The first kappa shape index (κ1) is 9.48. The van der Waals surface area contributed by atoms with Crippen molar-refractivity contribution in [3.63, 3.8) is 0 Å². The zero-order chi connectivity index (χ0) is 8.81. The Morgan fingerprint density at radius 2 is 2.17 bits per heavy atom. The number of rotatable bonds is 3. The number of carbonyl (C=O) groups excluding carboxylic acids is 1. The first-order chi connectivity index (χ1) is 5.83. The van der Waals surface area contributed by atoms with Crippen molar-refractivity contribution in [2.45, 2.75) is 13.3 Å². The van der Waals surface area contributed by atoms with Gasteiger partial charge in [-0.25, -0.2) is 0 Å². The van der Waals surface area contributed by atoms with Gasteiger partial charge < -0.3 is 14.2 Å². The second-order valence-electron chi connectivity index (χ2n) is 2.73. The van der Waals surface area contributed by atoms with Crippen molar-refractivity contribution < 1.29 is 19.0 Å². The van der Waals surface area contributed by atoms with Crippen LogP contribution in [0.25, 0.3) is 0 Å². The van der Waals surface area contributed by atoms with Gasteiger partial charge in [-0.2, -0.15) is 0 Å². The Morgan fingerprint density at radius 1 is 1.50 bits per heavy atom. The first-order valence-electron chi connectivity index (χ1n) is 4.14. The van der Waals surface area contributed by atoms with Gasteiger partial charge in [0.05, 0.1) is 26.2 Å². The van der Waals surface area contributed by atoms with Gasteiger partial charge in [0.2, 0.25) is 0 Å². The van der Waals surface area contributed by atoms with Crippen LogP contribution in [-0.4, -0.2) is 32.6 Å². The summed E-state index contributed by atoms with van der Waals surface area (Å²) in [6.45, 7) is 3.77. The van der Waals surface area contributed by atoms with Gasteiger partial charge in [-0.05, 0) is 6.92 Å². The molecule has 0 saturated carbocycles. The summed E-state index contributed by atoms with van der Waals surface area (Å²) in [5, 5.41) is 0. The van der Waals surface area contributed by atoms with Gasteiger partial charge in [-0.3, -0.25) is 4.79 Å². The third-order valence-corrected chi connectivity index (χ3v) is 1.63. The fourth-order valence-corrected chi connectivity index (χ4v) is 1.11. The molecule has 4 heteroatoms. The van der Waals surface area contributed by atoms with Crippen molar-refractivity contribution in [1.82, 2.24) is 0 Å². The number of ether oxygens (including phenoxy) is 3. The molecule has 1 heterocycles. The van der Waals surface area contributed by atoms with Crippen LogP contribution < -0.4 is 0 Å². The van der Waals surface area contributed by atoms with E-state index in [-0.39, 0.29) is 11.9 Å². The molecule has 0 spiro atoms. The minimum Gasteiger partial charge on any atom is -0.466 e. The van der Waals surface area contributed by atoms with Crippen molar-refractivity contribution in [3.05, 3.63) is 0 Å². The Kier molecular flexibility index (Phi) is 4.04. The molecule has 0 N–H and O–H groups in total. The Bertz CT molecular complexity index is 140. The van der Waals surface area contributed by atoms with Crippen molar-refractivity contribution in [3.8, 4) is 0 Å². The van der Waals surface area contributed by atoms with Crippen molar-refractivity contribution in [2.24, 2.45) is 5.92 Å². The molecule has 4 nitrogen and oxygen atoms in total. The van der Waals surface area contributed by atoms with Gasteiger partial charge in [-0.1, -0.05) is 0 Å². The number of hydrogen-bond donors (Lipinski definition) is 0. The maximum atomic E-state index is 11.0. The molecule has 0 bridgehead atoms. The maximum Gasteiger partial charge on any atom is 0.306 e. The van der Waals surface area contributed by atoms with E-state index in [1.54, 1.807) is 6.92 Å². The van der Waals surface area contributed by atoms with Crippen LogP contribution in [0.4, 0.5) is 0 Å². The number of esters is 1. The van der Waals surface area contributed by atoms with Crippen LogP contribution in [0.5, 0.6) is 0 Å². The average Bonchev–Trinajstić information content (AvgIpc) is 2.06. The Morgan fingerprint density at radius 3 is 2.75 bits per heavy atom. The highest BCUT2D eigenvalue weighted by atomic mass is 16.7. The average molecular weight is 174 g/mol. The van der Waals surface area contributed by atoms with Crippen LogP contribution in [-0.2, 0) is 19.0 Å². The highest BCUT2D eigenvalue weighted by Crippen LogP contribution is 2.10. The highest BCUT2D eigenvalue weighted by Gasteiger charge is 2.18. The van der Waals surface area contributed by atoms with E-state index in [4.69, 9.17) is 14.2 Å². The zero-order valence-electron chi connectivity index (χ0n) is 7.25. The third kappa shape index (κ3) is 3.19. The molecular formula is C8H14O4. The Hall–Kier alpha value is -0.610. The van der Waals surface area contributed by atoms with E-state index in [9.17, 15) is 4.79 Å². The molecule has 0 unspecified atom stereocenters. The molecule has 0 aromatic carbocycles. The minimum absolute atomic E-state index is 0.165. The lowest BCUT2D eigenvalue weighted by atomic mass is 10.1. The van der Waals surface area contributed by atoms with E-state index in [1.165, 1.54) is 0 Å². The van der Waals surface area contributed by atoms with E-state index in [1.807, 2.05) is 0 Å². The topological polar surface area (TPSA) is 44.8 Å². The smallest absolute Gasteiger partial charge is 0.306 e. The molecule has 1 rings (SSSR count). The standard InChI is InChI=1S/C8H14O4/c1-2-12-8(9)3-7-4-10-6-11-5-7/h7H,2-6H2,1H3. The maximum absolute atomic E-state index is 11.0. The van der Waals surface area contributed by atoms with Crippen LogP contribution in [0.15, 0.2) is 0 Å². The number of hydrogen-bond acceptors (Lipinski definition) is 4. The molecule has 0 aromatic heterocycles. The lowest BCUT2D eigenvalue weighted by molar-refractivity contribution is -0.154. The molecule has 12 heavy (non-hydrogen) atoms. The van der Waals surface area contributed by atoms with E-state index < -0.39 is 0 Å². The lowest BCUT2D eigenvalue weighted by Crippen LogP contribution is -2.26. The summed E-state index contributed by atoms with van der Waals surface area (Å²) in [5.41, 5.74) is 0. The summed E-state index contributed by atoms with van der Waals surface area (Å²) in [7, 11) is 0. The van der Waals surface area contributed by atoms with E-state index in [0.717, 1.165) is 0 Å². The second-order valence-corrected chi connectivity index (χ2v) is 2.73. The SMILES string of the molecule is CCOC(=O)CC1COCOC1. The fourth-order valence-electron chi connectivity index (χ4n) is 1.11. The van der Waals surface area contributed by atoms with Crippen LogP contribution in [0.2, 0.25) is 0 Å². The molecule has 1 aliphatic rings. The van der Waals surface area contributed by atoms with Crippen LogP contribution in [0.1, 0.15) is 13.3 Å². The highest BCUT2D eigenvalue weighted by molar-refractivity contribution is 5.69. The minimum atomic E-state index is -0.170. The van der Waals surface area contributed by atoms with E-state index in [0.29, 0.717) is 33.0 Å². The summed E-state index contributed by atoms with van der Waals surface area (Å²) >= 11 is 0. The molecule has 0 atom stereocenters. The lowest BCUT2D eigenvalue weighted by Gasteiger charge is -2.21. The molecule has 0 radical (unpaired) electrons. The van der Waals surface area contributed by atoms with Gasteiger partial charge >= 0.3 is 5.97 Å². The molecule has 0 aliphatic carbocycles. The molecule has 1 aliphatic heterocycles. The summed E-state index contributed by atoms with van der Waals surface area (Å²) in [4.78, 5) is 11.0. The zero-order valence-corrected chi connectivity index (χ0v) is 7.25. The van der Waals surface area contributed by atoms with Crippen molar-refractivity contribution in [1.29, 1.82) is 0 Å². The number of carbonyl (C=O) groups is 1. The molecule has 0 amide bonds. The summed E-state index contributed by atoms with van der Waals surface area (Å²) < 4.78 is 14.9. The van der Waals surface area contributed by atoms with Crippen molar-refractivity contribution >= 4 is 5.97 Å². The summed E-state index contributed by atoms with van der Waals surface area (Å²) in [6.07, 6.45) is 0.397. The quantitative estimate of drug-likeness (QED) is 0.586. The Labute approximate surface area is 71.8 Å².